The van der Waals surface area contributed by atoms with Gasteiger partial charge in [-0.3, -0.25) is 4.79 Å². The first kappa shape index (κ1) is 13.1. The normalized spacial score (nSPS) is 16.5. The molecule has 1 aromatic carbocycles. The monoisotopic (exact) mass is 301 g/mol. The number of hydrogen-bond acceptors (Lipinski definition) is 2. The van der Waals surface area contributed by atoms with Crippen LogP contribution in [0.5, 0.6) is 0 Å². The van der Waals surface area contributed by atoms with E-state index in [1.54, 1.807) is 29.5 Å². The zero-order valence-electron chi connectivity index (χ0n) is 13.1. The molecule has 0 atom stereocenters. The second kappa shape index (κ2) is 6.90. The van der Waals surface area contributed by atoms with Crippen LogP contribution in [-0.2, 0) is 6.42 Å². The maximum Gasteiger partial charge on any atom is 0.265 e. The van der Waals surface area contributed by atoms with Crippen molar-refractivity contribution in [3.8, 4) is 0 Å². The maximum absolute atomic E-state index is 12.3. The molecular formula is C18H21NOS. The molecule has 1 aliphatic carbocycles. The summed E-state index contributed by atoms with van der Waals surface area (Å²) in [5.41, 5.74) is 0.565. The standard InChI is InChI=1S/C18H21NOS/c20-18(19-15-9-5-2-6-10-15)17-12-11-16(21-17)13-14-7-3-1-4-8-14/h2,5-6,9-12,14H,1,3-4,7-8,13H2,(H,19,20)/i9T. The summed E-state index contributed by atoms with van der Waals surface area (Å²) in [5, 5.41) is 2.83. The highest BCUT2D eigenvalue weighted by atomic mass is 32.1. The molecule has 1 aromatic heterocycles. The van der Waals surface area contributed by atoms with Crippen molar-refractivity contribution in [3.05, 3.63) is 52.2 Å². The van der Waals surface area contributed by atoms with E-state index in [-0.39, 0.29) is 5.91 Å². The highest BCUT2D eigenvalue weighted by Crippen LogP contribution is 2.29. The van der Waals surface area contributed by atoms with E-state index >= 15 is 0 Å². The van der Waals surface area contributed by atoms with E-state index < -0.39 is 0 Å². The SMILES string of the molecule is [3H]c1ccccc1NC(=O)c1ccc(CC2CCCCC2)s1. The van der Waals surface area contributed by atoms with Gasteiger partial charge in [-0.1, -0.05) is 50.3 Å². The molecule has 0 bridgehead atoms. The fourth-order valence-corrected chi connectivity index (χ4v) is 3.96. The number of rotatable bonds is 4. The molecule has 0 spiro atoms. The molecule has 2 aromatic rings. The Hall–Kier alpha value is -1.61. The van der Waals surface area contributed by atoms with Crippen LogP contribution in [0.25, 0.3) is 0 Å². The molecular weight excluding hydrogens is 278 g/mol. The lowest BCUT2D eigenvalue weighted by molar-refractivity contribution is 0.103. The second-order valence-corrected chi connectivity index (χ2v) is 6.87. The smallest absolute Gasteiger partial charge is 0.265 e. The summed E-state index contributed by atoms with van der Waals surface area (Å²) in [4.78, 5) is 14.3. The predicted molar refractivity (Wildman–Crippen MR) is 89.0 cm³/mol. The van der Waals surface area contributed by atoms with Gasteiger partial charge in [0.05, 0.1) is 6.25 Å². The van der Waals surface area contributed by atoms with Crippen molar-refractivity contribution in [3.63, 3.8) is 0 Å². The molecule has 1 N–H and O–H groups in total. The van der Waals surface area contributed by atoms with Gasteiger partial charge in [0.25, 0.3) is 5.91 Å². The van der Waals surface area contributed by atoms with Gasteiger partial charge in [-0.15, -0.1) is 11.3 Å². The van der Waals surface area contributed by atoms with Gasteiger partial charge in [-0.25, -0.2) is 0 Å². The highest BCUT2D eigenvalue weighted by molar-refractivity contribution is 7.14. The van der Waals surface area contributed by atoms with Crippen LogP contribution in [0.2, 0.25) is 0 Å². The third kappa shape index (κ3) is 3.94. The zero-order chi connectivity index (χ0) is 15.4. The third-order valence-electron chi connectivity index (χ3n) is 4.06. The summed E-state index contributed by atoms with van der Waals surface area (Å²) >= 11 is 1.59. The number of carbonyl (C=O) groups excluding carboxylic acids is 1. The van der Waals surface area contributed by atoms with Gasteiger partial charge in [0, 0.05) is 10.6 Å². The molecule has 3 rings (SSSR count). The first-order valence-electron chi connectivity index (χ1n) is 8.18. The van der Waals surface area contributed by atoms with Crippen molar-refractivity contribution in [2.45, 2.75) is 38.5 Å². The Morgan fingerprint density at radius 1 is 1.19 bits per heavy atom. The largest absolute Gasteiger partial charge is 0.321 e. The number of hydrogen-bond donors (Lipinski definition) is 1. The minimum Gasteiger partial charge on any atom is -0.321 e. The van der Waals surface area contributed by atoms with E-state index in [9.17, 15) is 4.79 Å². The van der Waals surface area contributed by atoms with Crippen LogP contribution in [0.4, 0.5) is 5.69 Å². The van der Waals surface area contributed by atoms with Gasteiger partial charge in [-0.05, 0) is 36.6 Å². The summed E-state index contributed by atoms with van der Waals surface area (Å²) in [6.07, 6.45) is 7.83. The summed E-state index contributed by atoms with van der Waals surface area (Å²) in [6.45, 7) is 0. The molecule has 1 amide bonds. The van der Waals surface area contributed by atoms with Crippen LogP contribution in [0, 0.1) is 5.92 Å². The van der Waals surface area contributed by atoms with E-state index in [1.807, 2.05) is 12.1 Å². The van der Waals surface area contributed by atoms with Crippen molar-refractivity contribution in [2.24, 2.45) is 5.92 Å². The van der Waals surface area contributed by atoms with Crippen LogP contribution in [-0.4, -0.2) is 5.91 Å². The molecule has 1 heterocycles. The van der Waals surface area contributed by atoms with Gasteiger partial charge in [0.2, 0.25) is 0 Å². The van der Waals surface area contributed by atoms with Crippen molar-refractivity contribution in [1.29, 1.82) is 0 Å². The number of amides is 1. The minimum absolute atomic E-state index is 0.111. The quantitative estimate of drug-likeness (QED) is 0.834. The number of carbonyl (C=O) groups is 1. The van der Waals surface area contributed by atoms with Gasteiger partial charge in [-0.2, -0.15) is 0 Å². The van der Waals surface area contributed by atoms with Gasteiger partial charge < -0.3 is 5.32 Å². The lowest BCUT2D eigenvalue weighted by Crippen LogP contribution is -2.10. The number of thiophene rings is 1. The predicted octanol–water partition coefficient (Wildman–Crippen LogP) is 5.12. The summed E-state index contributed by atoms with van der Waals surface area (Å²) in [5.74, 6) is 0.678. The molecule has 0 saturated heterocycles. The van der Waals surface area contributed by atoms with Crippen molar-refractivity contribution < 1.29 is 6.17 Å². The van der Waals surface area contributed by atoms with E-state index in [0.717, 1.165) is 17.2 Å². The fraction of sp³-hybridized carbons (Fsp3) is 0.389. The van der Waals surface area contributed by atoms with Gasteiger partial charge >= 0.3 is 0 Å². The molecule has 1 aliphatic rings. The maximum atomic E-state index is 12.3. The third-order valence-corrected chi connectivity index (χ3v) is 5.16. The van der Waals surface area contributed by atoms with E-state index in [0.29, 0.717) is 11.7 Å². The van der Waals surface area contributed by atoms with Gasteiger partial charge in [0.15, 0.2) is 0 Å². The molecule has 0 unspecified atom stereocenters. The first-order chi connectivity index (χ1) is 10.7. The molecule has 1 saturated carbocycles. The Morgan fingerprint density at radius 2 is 2.05 bits per heavy atom. The number of para-hydroxylation sites is 1. The van der Waals surface area contributed by atoms with Crippen LogP contribution >= 0.6 is 11.3 Å². The topological polar surface area (TPSA) is 29.1 Å². The first-order valence-corrected chi connectivity index (χ1v) is 8.50. The Morgan fingerprint density at radius 3 is 2.86 bits per heavy atom. The molecule has 0 aliphatic heterocycles. The summed E-state index contributed by atoms with van der Waals surface area (Å²) in [7, 11) is 0. The minimum atomic E-state index is -0.111. The number of benzene rings is 1. The lowest BCUT2D eigenvalue weighted by Gasteiger charge is -2.20. The van der Waals surface area contributed by atoms with Crippen molar-refractivity contribution >= 4 is 22.9 Å². The Bertz CT molecular complexity index is 646. The zero-order valence-corrected chi connectivity index (χ0v) is 12.9. The van der Waals surface area contributed by atoms with E-state index in [2.05, 4.69) is 11.4 Å². The van der Waals surface area contributed by atoms with Crippen LogP contribution in [0.1, 0.15) is 48.0 Å². The summed E-state index contributed by atoms with van der Waals surface area (Å²) in [6, 6.07) is 11.4. The van der Waals surface area contributed by atoms with Gasteiger partial charge in [0.1, 0.15) is 0 Å². The van der Waals surface area contributed by atoms with E-state index in [1.165, 1.54) is 37.0 Å². The van der Waals surface area contributed by atoms with E-state index in [4.69, 9.17) is 1.37 Å². The average Bonchev–Trinajstić information content (AvgIpc) is 2.99. The molecule has 110 valence electrons. The fourth-order valence-electron chi connectivity index (χ4n) is 2.94. The van der Waals surface area contributed by atoms with Crippen molar-refractivity contribution in [1.82, 2.24) is 0 Å². The van der Waals surface area contributed by atoms with Crippen LogP contribution in [0.15, 0.2) is 42.4 Å². The number of anilines is 1. The molecule has 1 fully saturated rings. The highest BCUT2D eigenvalue weighted by Gasteiger charge is 2.16. The number of nitrogens with one attached hydrogen (secondary N) is 1. The second-order valence-electron chi connectivity index (χ2n) is 5.70. The molecule has 21 heavy (non-hydrogen) atoms. The lowest BCUT2D eigenvalue weighted by atomic mass is 9.87. The molecule has 0 radical (unpaired) electrons. The van der Waals surface area contributed by atoms with Crippen LogP contribution < -0.4 is 5.32 Å². The Balaban J connectivity index is 1.63. The molecule has 2 nitrogen and oxygen atoms in total. The van der Waals surface area contributed by atoms with Crippen LogP contribution in [0.3, 0.4) is 0 Å². The Labute approximate surface area is 131 Å². The summed E-state index contributed by atoms with van der Waals surface area (Å²) < 4.78 is 7.79. The average molecular weight is 301 g/mol. The molecule has 3 heteroatoms. The van der Waals surface area contributed by atoms with Crippen molar-refractivity contribution in [2.75, 3.05) is 5.32 Å². The Kier molecular flexibility index (Phi) is 4.30.